The molecule has 6 heteroatoms. The molecule has 1 fully saturated rings. The number of hydrogen-bond donors (Lipinski definition) is 0. The second kappa shape index (κ2) is 6.54. The van der Waals surface area contributed by atoms with E-state index in [0.29, 0.717) is 18.2 Å². The molecule has 1 amide bonds. The van der Waals surface area contributed by atoms with E-state index in [9.17, 15) is 4.79 Å². The van der Waals surface area contributed by atoms with Gasteiger partial charge in [0.15, 0.2) is 23.0 Å². The lowest BCUT2D eigenvalue weighted by atomic mass is 9.98. The van der Waals surface area contributed by atoms with Crippen molar-refractivity contribution in [2.75, 3.05) is 26.7 Å². The molecule has 3 heterocycles. The molecule has 2 aromatic carbocycles. The standard InChI is InChI=1S/C21H19NO5/c23-21(6-2-14-1-4-17-19(9-14)26-12-24-17)22-8-7-16(11-22)15-3-5-18-20(10-15)27-13-25-18/h1-6,9-10,16H,7-8,11-13H2. The quantitative estimate of drug-likeness (QED) is 0.782. The van der Waals surface area contributed by atoms with E-state index >= 15 is 0 Å². The highest BCUT2D eigenvalue weighted by Crippen LogP contribution is 2.37. The van der Waals surface area contributed by atoms with Crippen LogP contribution in [0.5, 0.6) is 23.0 Å². The van der Waals surface area contributed by atoms with Crippen LogP contribution in [0.2, 0.25) is 0 Å². The molecule has 0 aliphatic carbocycles. The van der Waals surface area contributed by atoms with Gasteiger partial charge < -0.3 is 23.8 Å². The number of nitrogens with zero attached hydrogens (tertiary/aromatic N) is 1. The minimum atomic E-state index is 0.0240. The summed E-state index contributed by atoms with van der Waals surface area (Å²) in [4.78, 5) is 14.4. The summed E-state index contributed by atoms with van der Waals surface area (Å²) in [7, 11) is 0. The number of rotatable bonds is 3. The summed E-state index contributed by atoms with van der Waals surface area (Å²) < 4.78 is 21.5. The fraction of sp³-hybridized carbons (Fsp3) is 0.286. The van der Waals surface area contributed by atoms with Crippen LogP contribution in [-0.2, 0) is 4.79 Å². The molecule has 0 spiro atoms. The highest BCUT2D eigenvalue weighted by atomic mass is 16.7. The molecule has 6 nitrogen and oxygen atoms in total. The molecular weight excluding hydrogens is 346 g/mol. The number of amides is 1. The molecule has 0 bridgehead atoms. The molecule has 1 saturated heterocycles. The van der Waals surface area contributed by atoms with Gasteiger partial charge in [-0.2, -0.15) is 0 Å². The Balaban J connectivity index is 1.24. The van der Waals surface area contributed by atoms with Crippen molar-refractivity contribution in [2.45, 2.75) is 12.3 Å². The molecule has 1 atom stereocenters. The molecule has 5 rings (SSSR count). The van der Waals surface area contributed by atoms with E-state index in [2.05, 4.69) is 6.07 Å². The number of carbonyl (C=O) groups is 1. The maximum absolute atomic E-state index is 12.6. The number of likely N-dealkylation sites (tertiary alicyclic amines) is 1. The van der Waals surface area contributed by atoms with Gasteiger partial charge in [0.05, 0.1) is 0 Å². The van der Waals surface area contributed by atoms with E-state index in [-0.39, 0.29) is 19.5 Å². The van der Waals surface area contributed by atoms with E-state index in [4.69, 9.17) is 18.9 Å². The number of hydrogen-bond acceptors (Lipinski definition) is 5. The van der Waals surface area contributed by atoms with Crippen molar-refractivity contribution < 1.29 is 23.7 Å². The molecule has 0 saturated carbocycles. The molecule has 3 aliphatic heterocycles. The Bertz CT molecular complexity index is 923. The fourth-order valence-corrected chi connectivity index (χ4v) is 3.69. The summed E-state index contributed by atoms with van der Waals surface area (Å²) in [5.74, 6) is 3.38. The lowest BCUT2D eigenvalue weighted by molar-refractivity contribution is -0.124. The Labute approximate surface area is 156 Å². The van der Waals surface area contributed by atoms with Crippen LogP contribution in [0.15, 0.2) is 42.5 Å². The maximum Gasteiger partial charge on any atom is 0.246 e. The van der Waals surface area contributed by atoms with Crippen molar-refractivity contribution in [2.24, 2.45) is 0 Å². The lowest BCUT2D eigenvalue weighted by Crippen LogP contribution is -2.26. The molecule has 27 heavy (non-hydrogen) atoms. The Morgan fingerprint density at radius 2 is 1.63 bits per heavy atom. The molecule has 2 aromatic rings. The van der Waals surface area contributed by atoms with Crippen LogP contribution in [0, 0.1) is 0 Å². The zero-order valence-corrected chi connectivity index (χ0v) is 14.7. The molecule has 0 radical (unpaired) electrons. The van der Waals surface area contributed by atoms with Gasteiger partial charge in [0.25, 0.3) is 0 Å². The predicted octanol–water partition coefficient (Wildman–Crippen LogP) is 3.17. The lowest BCUT2D eigenvalue weighted by Gasteiger charge is -2.15. The van der Waals surface area contributed by atoms with E-state index in [1.807, 2.05) is 41.3 Å². The predicted molar refractivity (Wildman–Crippen MR) is 98.1 cm³/mol. The highest BCUT2D eigenvalue weighted by Gasteiger charge is 2.27. The van der Waals surface area contributed by atoms with Gasteiger partial charge in [-0.3, -0.25) is 4.79 Å². The van der Waals surface area contributed by atoms with Crippen molar-refractivity contribution in [1.82, 2.24) is 4.90 Å². The van der Waals surface area contributed by atoms with Crippen molar-refractivity contribution in [3.8, 4) is 23.0 Å². The summed E-state index contributed by atoms with van der Waals surface area (Å²) in [6, 6.07) is 11.7. The number of benzene rings is 2. The monoisotopic (exact) mass is 365 g/mol. The molecule has 1 unspecified atom stereocenters. The van der Waals surface area contributed by atoms with Gasteiger partial charge in [-0.1, -0.05) is 12.1 Å². The van der Waals surface area contributed by atoms with Crippen LogP contribution in [0.25, 0.3) is 6.08 Å². The third kappa shape index (κ3) is 3.07. The second-order valence-corrected chi connectivity index (χ2v) is 6.83. The van der Waals surface area contributed by atoms with Crippen molar-refractivity contribution >= 4 is 12.0 Å². The smallest absolute Gasteiger partial charge is 0.246 e. The van der Waals surface area contributed by atoms with Crippen LogP contribution in [0.3, 0.4) is 0 Å². The molecule has 0 N–H and O–H groups in total. The summed E-state index contributed by atoms with van der Waals surface area (Å²) in [5, 5.41) is 0. The average Bonchev–Trinajstić information content (AvgIpc) is 3.45. The summed E-state index contributed by atoms with van der Waals surface area (Å²) in [6.45, 7) is 1.99. The van der Waals surface area contributed by atoms with Crippen molar-refractivity contribution in [3.63, 3.8) is 0 Å². The normalized spacial score (nSPS) is 19.9. The summed E-state index contributed by atoms with van der Waals surface area (Å²) >= 11 is 0. The van der Waals surface area contributed by atoms with Crippen molar-refractivity contribution in [1.29, 1.82) is 0 Å². The van der Waals surface area contributed by atoms with Crippen molar-refractivity contribution in [3.05, 3.63) is 53.6 Å². The first kappa shape index (κ1) is 16.1. The molecule has 3 aliphatic rings. The van der Waals surface area contributed by atoms with Gasteiger partial charge in [0.2, 0.25) is 19.5 Å². The van der Waals surface area contributed by atoms with Crippen LogP contribution in [0.1, 0.15) is 23.5 Å². The summed E-state index contributed by atoms with van der Waals surface area (Å²) in [5.41, 5.74) is 2.11. The first-order chi connectivity index (χ1) is 13.3. The Morgan fingerprint density at radius 3 is 2.44 bits per heavy atom. The maximum atomic E-state index is 12.6. The fourth-order valence-electron chi connectivity index (χ4n) is 3.69. The van der Waals surface area contributed by atoms with E-state index in [1.165, 1.54) is 5.56 Å². The Morgan fingerprint density at radius 1 is 0.926 bits per heavy atom. The van der Waals surface area contributed by atoms with Gasteiger partial charge >= 0.3 is 0 Å². The zero-order chi connectivity index (χ0) is 18.2. The number of fused-ring (bicyclic) bond motifs is 2. The van der Waals surface area contributed by atoms with Gasteiger partial charge in [-0.05, 0) is 47.9 Å². The Kier molecular flexibility index (Phi) is 3.89. The molecule has 0 aromatic heterocycles. The summed E-state index contributed by atoms with van der Waals surface area (Å²) in [6.07, 6.45) is 4.39. The largest absolute Gasteiger partial charge is 0.454 e. The van der Waals surface area contributed by atoms with Crippen LogP contribution in [-0.4, -0.2) is 37.5 Å². The van der Waals surface area contributed by atoms with E-state index in [0.717, 1.165) is 35.8 Å². The number of ether oxygens (including phenoxy) is 4. The van der Waals surface area contributed by atoms with Gasteiger partial charge in [-0.15, -0.1) is 0 Å². The first-order valence-corrected chi connectivity index (χ1v) is 9.02. The van der Waals surface area contributed by atoms with E-state index in [1.54, 1.807) is 6.08 Å². The number of carbonyl (C=O) groups excluding carboxylic acids is 1. The topological polar surface area (TPSA) is 57.2 Å². The third-order valence-corrected chi connectivity index (χ3v) is 5.18. The minimum absolute atomic E-state index is 0.0240. The van der Waals surface area contributed by atoms with Gasteiger partial charge in [0.1, 0.15) is 0 Å². The van der Waals surface area contributed by atoms with Gasteiger partial charge in [-0.25, -0.2) is 0 Å². The second-order valence-electron chi connectivity index (χ2n) is 6.83. The van der Waals surface area contributed by atoms with Crippen LogP contribution >= 0.6 is 0 Å². The zero-order valence-electron chi connectivity index (χ0n) is 14.7. The molecular formula is C21H19NO5. The minimum Gasteiger partial charge on any atom is -0.454 e. The third-order valence-electron chi connectivity index (χ3n) is 5.18. The van der Waals surface area contributed by atoms with Crippen LogP contribution in [0.4, 0.5) is 0 Å². The Hall–Kier alpha value is -3.15. The average molecular weight is 365 g/mol. The highest BCUT2D eigenvalue weighted by molar-refractivity contribution is 5.92. The van der Waals surface area contributed by atoms with E-state index < -0.39 is 0 Å². The SMILES string of the molecule is O=C(C=Cc1ccc2c(c1)OCO2)N1CCC(c2ccc3c(c2)OCO3)C1. The molecule has 138 valence electrons. The van der Waals surface area contributed by atoms with Crippen LogP contribution < -0.4 is 18.9 Å². The first-order valence-electron chi connectivity index (χ1n) is 9.02. The van der Waals surface area contributed by atoms with Gasteiger partial charge in [0, 0.05) is 25.1 Å².